The minimum absolute atomic E-state index is 0.168. The molecule has 6 heteroatoms. The summed E-state index contributed by atoms with van der Waals surface area (Å²) in [6, 6.07) is 20.3. The van der Waals surface area contributed by atoms with Gasteiger partial charge in [-0.1, -0.05) is 42.5 Å². The number of hydrogen-bond acceptors (Lipinski definition) is 5. The van der Waals surface area contributed by atoms with Crippen LogP contribution in [0.1, 0.15) is 26.7 Å². The van der Waals surface area contributed by atoms with Gasteiger partial charge in [0.1, 0.15) is 0 Å². The Labute approximate surface area is 184 Å². The van der Waals surface area contributed by atoms with Gasteiger partial charge in [-0.05, 0) is 37.1 Å². The van der Waals surface area contributed by atoms with Crippen LogP contribution < -0.4 is 5.32 Å². The molecule has 1 amide bonds. The van der Waals surface area contributed by atoms with Gasteiger partial charge in [0.05, 0.1) is 17.0 Å². The summed E-state index contributed by atoms with van der Waals surface area (Å²) < 4.78 is 5.45. The van der Waals surface area contributed by atoms with Gasteiger partial charge in [-0.2, -0.15) is 0 Å². The number of aromatic nitrogens is 1. The molecule has 2 heterocycles. The SMILES string of the molecule is Cc1nc(-c2ccc(CCNC(=O)c3occc3CSc3ccccc3)cc2)cs1. The summed E-state index contributed by atoms with van der Waals surface area (Å²) in [7, 11) is 0. The van der Waals surface area contributed by atoms with Crippen LogP contribution in [0, 0.1) is 6.92 Å². The van der Waals surface area contributed by atoms with Gasteiger partial charge in [-0.3, -0.25) is 4.79 Å². The van der Waals surface area contributed by atoms with Gasteiger partial charge >= 0.3 is 0 Å². The fraction of sp³-hybridized carbons (Fsp3) is 0.167. The van der Waals surface area contributed by atoms with E-state index in [1.54, 1.807) is 29.4 Å². The lowest BCUT2D eigenvalue weighted by molar-refractivity contribution is 0.0925. The Bertz CT molecular complexity index is 1100. The second-order valence-electron chi connectivity index (χ2n) is 6.83. The molecule has 0 saturated heterocycles. The summed E-state index contributed by atoms with van der Waals surface area (Å²) in [5, 5.41) is 6.11. The molecule has 0 atom stereocenters. The zero-order chi connectivity index (χ0) is 20.8. The molecule has 1 N–H and O–H groups in total. The Morgan fingerprint density at radius 2 is 1.90 bits per heavy atom. The number of thioether (sulfide) groups is 1. The van der Waals surface area contributed by atoms with Crippen molar-refractivity contribution in [2.24, 2.45) is 0 Å². The van der Waals surface area contributed by atoms with Gasteiger partial charge in [-0.25, -0.2) is 4.98 Å². The van der Waals surface area contributed by atoms with Crippen LogP contribution in [0.15, 0.2) is 81.6 Å². The number of hydrogen-bond donors (Lipinski definition) is 1. The van der Waals surface area contributed by atoms with E-state index in [4.69, 9.17) is 4.42 Å². The summed E-state index contributed by atoms with van der Waals surface area (Å²) in [6.45, 7) is 2.57. The summed E-state index contributed by atoms with van der Waals surface area (Å²) in [5.74, 6) is 0.923. The first-order valence-electron chi connectivity index (χ1n) is 9.73. The van der Waals surface area contributed by atoms with Crippen molar-refractivity contribution in [2.45, 2.75) is 24.0 Å². The Kier molecular flexibility index (Phi) is 6.67. The van der Waals surface area contributed by atoms with Crippen LogP contribution in [0.2, 0.25) is 0 Å². The molecule has 0 spiro atoms. The van der Waals surface area contributed by atoms with Gasteiger partial charge in [0.15, 0.2) is 5.76 Å². The summed E-state index contributed by atoms with van der Waals surface area (Å²) in [5.41, 5.74) is 4.20. The first kappa shape index (κ1) is 20.4. The molecule has 0 unspecified atom stereocenters. The van der Waals surface area contributed by atoms with E-state index in [0.29, 0.717) is 18.1 Å². The standard InChI is InChI=1S/C24H22N2O2S2/c1-17-26-22(16-29-17)19-9-7-18(8-10-19)11-13-25-24(27)23-20(12-14-28-23)15-30-21-5-3-2-4-6-21/h2-10,12,14,16H,11,13,15H2,1H3,(H,25,27). The molecule has 0 aliphatic carbocycles. The number of furan rings is 1. The Balaban J connectivity index is 1.28. The monoisotopic (exact) mass is 434 g/mol. The van der Waals surface area contributed by atoms with Crippen LogP contribution in [-0.2, 0) is 12.2 Å². The Morgan fingerprint density at radius 3 is 2.63 bits per heavy atom. The number of aryl methyl sites for hydroxylation is 1. The van der Waals surface area contributed by atoms with Gasteiger partial charge in [0.25, 0.3) is 5.91 Å². The average molecular weight is 435 g/mol. The number of benzene rings is 2. The van der Waals surface area contributed by atoms with Crippen LogP contribution >= 0.6 is 23.1 Å². The molecule has 4 aromatic rings. The summed E-state index contributed by atoms with van der Waals surface area (Å²) in [4.78, 5) is 18.2. The predicted molar refractivity (Wildman–Crippen MR) is 123 cm³/mol. The third-order valence-electron chi connectivity index (χ3n) is 4.66. The minimum Gasteiger partial charge on any atom is -0.459 e. The zero-order valence-corrected chi connectivity index (χ0v) is 18.3. The molecule has 152 valence electrons. The highest BCUT2D eigenvalue weighted by atomic mass is 32.2. The van der Waals surface area contributed by atoms with Crippen molar-refractivity contribution in [3.05, 3.63) is 94.2 Å². The molecule has 2 aromatic carbocycles. The molecular formula is C24H22N2O2S2. The normalized spacial score (nSPS) is 10.8. The van der Waals surface area contributed by atoms with Gasteiger partial charge in [-0.15, -0.1) is 23.1 Å². The quantitative estimate of drug-likeness (QED) is 0.347. The number of nitrogens with one attached hydrogen (secondary N) is 1. The third-order valence-corrected chi connectivity index (χ3v) is 6.49. The van der Waals surface area contributed by atoms with E-state index in [1.807, 2.05) is 31.2 Å². The number of amides is 1. The maximum absolute atomic E-state index is 12.5. The highest BCUT2D eigenvalue weighted by Crippen LogP contribution is 2.25. The van der Waals surface area contributed by atoms with Gasteiger partial charge in [0.2, 0.25) is 0 Å². The van der Waals surface area contributed by atoms with Crippen molar-refractivity contribution in [3.63, 3.8) is 0 Å². The second kappa shape index (κ2) is 9.78. The van der Waals surface area contributed by atoms with Crippen molar-refractivity contribution in [2.75, 3.05) is 6.54 Å². The van der Waals surface area contributed by atoms with Crippen molar-refractivity contribution < 1.29 is 9.21 Å². The van der Waals surface area contributed by atoms with E-state index in [-0.39, 0.29) is 5.91 Å². The summed E-state index contributed by atoms with van der Waals surface area (Å²) >= 11 is 3.34. The van der Waals surface area contributed by atoms with Crippen LogP contribution in [0.5, 0.6) is 0 Å². The Hall–Kier alpha value is -2.83. The molecule has 0 fully saturated rings. The molecule has 0 aliphatic heterocycles. The fourth-order valence-electron chi connectivity index (χ4n) is 3.07. The highest BCUT2D eigenvalue weighted by Gasteiger charge is 2.15. The van der Waals surface area contributed by atoms with Gasteiger partial charge < -0.3 is 9.73 Å². The van der Waals surface area contributed by atoms with Crippen LogP contribution in [0.25, 0.3) is 11.3 Å². The molecule has 30 heavy (non-hydrogen) atoms. The van der Waals surface area contributed by atoms with Gasteiger partial charge in [0, 0.05) is 33.7 Å². The van der Waals surface area contributed by atoms with E-state index < -0.39 is 0 Å². The van der Waals surface area contributed by atoms with E-state index in [0.717, 1.165) is 28.2 Å². The van der Waals surface area contributed by atoms with E-state index >= 15 is 0 Å². The molecule has 4 rings (SSSR count). The van der Waals surface area contributed by atoms with E-state index in [1.165, 1.54) is 10.5 Å². The maximum Gasteiger partial charge on any atom is 0.287 e. The third kappa shape index (κ3) is 5.20. The van der Waals surface area contributed by atoms with Crippen molar-refractivity contribution in [1.82, 2.24) is 10.3 Å². The smallest absolute Gasteiger partial charge is 0.287 e. The first-order chi connectivity index (χ1) is 14.7. The molecule has 0 saturated carbocycles. The largest absolute Gasteiger partial charge is 0.459 e. The van der Waals surface area contributed by atoms with Crippen molar-refractivity contribution in [3.8, 4) is 11.3 Å². The summed E-state index contributed by atoms with van der Waals surface area (Å²) in [6.07, 6.45) is 2.34. The van der Waals surface area contributed by atoms with E-state index in [9.17, 15) is 4.79 Å². The van der Waals surface area contributed by atoms with Crippen molar-refractivity contribution in [1.29, 1.82) is 0 Å². The number of nitrogens with zero attached hydrogens (tertiary/aromatic N) is 1. The fourth-order valence-corrected chi connectivity index (χ4v) is 4.59. The number of carbonyl (C=O) groups is 1. The molecule has 0 aliphatic rings. The average Bonchev–Trinajstić information content (AvgIpc) is 3.42. The zero-order valence-electron chi connectivity index (χ0n) is 16.6. The lowest BCUT2D eigenvalue weighted by Gasteiger charge is -2.06. The molecular weight excluding hydrogens is 412 g/mol. The number of carbonyl (C=O) groups excluding carboxylic acids is 1. The molecule has 4 nitrogen and oxygen atoms in total. The number of rotatable bonds is 8. The number of thiazole rings is 1. The molecule has 0 bridgehead atoms. The second-order valence-corrected chi connectivity index (χ2v) is 8.94. The van der Waals surface area contributed by atoms with E-state index in [2.05, 4.69) is 52.1 Å². The lowest BCUT2D eigenvalue weighted by atomic mass is 10.1. The van der Waals surface area contributed by atoms with Crippen molar-refractivity contribution >= 4 is 29.0 Å². The minimum atomic E-state index is -0.168. The molecule has 0 radical (unpaired) electrons. The topological polar surface area (TPSA) is 55.1 Å². The molecule has 2 aromatic heterocycles. The first-order valence-corrected chi connectivity index (χ1v) is 11.6. The highest BCUT2D eigenvalue weighted by molar-refractivity contribution is 7.98. The Morgan fingerprint density at radius 1 is 1.10 bits per heavy atom. The van der Waals surface area contributed by atoms with Crippen LogP contribution in [0.4, 0.5) is 0 Å². The van der Waals surface area contributed by atoms with Crippen LogP contribution in [-0.4, -0.2) is 17.4 Å². The maximum atomic E-state index is 12.5. The lowest BCUT2D eigenvalue weighted by Crippen LogP contribution is -2.26. The predicted octanol–water partition coefficient (Wildman–Crippen LogP) is 5.98. The van der Waals surface area contributed by atoms with Crippen LogP contribution in [0.3, 0.4) is 0 Å².